The van der Waals surface area contributed by atoms with Crippen molar-refractivity contribution in [3.05, 3.63) is 29.8 Å². The van der Waals surface area contributed by atoms with Gasteiger partial charge in [-0.1, -0.05) is 12.1 Å². The molecule has 2 saturated heterocycles. The number of rotatable bonds is 7. The second-order valence-corrected chi connectivity index (χ2v) is 7.32. The summed E-state index contributed by atoms with van der Waals surface area (Å²) in [5.41, 5.74) is 1.89. The highest BCUT2D eigenvalue weighted by Gasteiger charge is 2.27. The van der Waals surface area contributed by atoms with Crippen molar-refractivity contribution in [3.8, 4) is 0 Å². The highest BCUT2D eigenvalue weighted by molar-refractivity contribution is 5.92. The molecule has 1 aromatic rings. The van der Waals surface area contributed by atoms with Crippen LogP contribution in [0, 0.1) is 5.92 Å². The van der Waals surface area contributed by atoms with Crippen LogP contribution in [0.15, 0.2) is 24.3 Å². The lowest BCUT2D eigenvalue weighted by Crippen LogP contribution is -2.50. The Morgan fingerprint density at radius 3 is 2.52 bits per heavy atom. The molecule has 0 saturated carbocycles. The summed E-state index contributed by atoms with van der Waals surface area (Å²) in [6.07, 6.45) is 5.15. The Balaban J connectivity index is 0.00000261. The molecule has 1 aromatic carbocycles. The van der Waals surface area contributed by atoms with E-state index < -0.39 is 5.97 Å². The average molecular weight is 396 g/mol. The van der Waals surface area contributed by atoms with E-state index in [-0.39, 0.29) is 24.9 Å². The molecule has 2 heterocycles. The molecule has 2 aliphatic rings. The van der Waals surface area contributed by atoms with Gasteiger partial charge < -0.3 is 15.3 Å². The molecule has 0 atom stereocenters. The molecule has 6 nitrogen and oxygen atoms in total. The lowest BCUT2D eigenvalue weighted by molar-refractivity contribution is -0.136. The van der Waals surface area contributed by atoms with Gasteiger partial charge in [-0.2, -0.15) is 0 Å². The van der Waals surface area contributed by atoms with Crippen molar-refractivity contribution >= 4 is 30.1 Å². The summed E-state index contributed by atoms with van der Waals surface area (Å²) in [6.45, 7) is 4.63. The molecule has 2 N–H and O–H groups in total. The van der Waals surface area contributed by atoms with Crippen molar-refractivity contribution in [1.29, 1.82) is 0 Å². The molecule has 0 spiro atoms. The molecule has 2 aliphatic heterocycles. The van der Waals surface area contributed by atoms with Gasteiger partial charge in [0.25, 0.3) is 0 Å². The number of amides is 2. The van der Waals surface area contributed by atoms with E-state index in [1.165, 1.54) is 12.8 Å². The normalized spacial score (nSPS) is 18.3. The van der Waals surface area contributed by atoms with Crippen LogP contribution >= 0.6 is 12.4 Å². The number of carboxylic acids is 1. The first-order chi connectivity index (χ1) is 12.6. The number of piperidine rings is 1. The molecule has 2 fully saturated rings. The first-order valence-corrected chi connectivity index (χ1v) is 9.71. The van der Waals surface area contributed by atoms with Gasteiger partial charge >= 0.3 is 12.0 Å². The van der Waals surface area contributed by atoms with Gasteiger partial charge in [0.2, 0.25) is 0 Å². The van der Waals surface area contributed by atoms with Crippen LogP contribution in [-0.2, 0) is 11.2 Å². The summed E-state index contributed by atoms with van der Waals surface area (Å²) in [7, 11) is 0. The van der Waals surface area contributed by atoms with Crippen LogP contribution in [0.3, 0.4) is 0 Å². The zero-order valence-electron chi connectivity index (χ0n) is 15.7. The van der Waals surface area contributed by atoms with Crippen molar-refractivity contribution < 1.29 is 14.7 Å². The molecule has 27 heavy (non-hydrogen) atoms. The van der Waals surface area contributed by atoms with Gasteiger partial charge in [0.15, 0.2) is 0 Å². The largest absolute Gasteiger partial charge is 0.481 e. The fourth-order valence-electron chi connectivity index (χ4n) is 3.83. The summed E-state index contributed by atoms with van der Waals surface area (Å²) in [5, 5.41) is 12.2. The van der Waals surface area contributed by atoms with E-state index in [2.05, 4.69) is 5.32 Å². The van der Waals surface area contributed by atoms with Gasteiger partial charge in [-0.3, -0.25) is 9.69 Å². The fraction of sp³-hybridized carbons (Fsp3) is 0.600. The van der Waals surface area contributed by atoms with Crippen LogP contribution in [0.4, 0.5) is 10.5 Å². The van der Waals surface area contributed by atoms with E-state index in [0.29, 0.717) is 6.42 Å². The van der Waals surface area contributed by atoms with Gasteiger partial charge in [0.1, 0.15) is 0 Å². The number of hydrogen-bond donors (Lipinski definition) is 2. The lowest BCUT2D eigenvalue weighted by atomic mass is 9.94. The minimum atomic E-state index is -0.787. The van der Waals surface area contributed by atoms with Crippen LogP contribution in [0.2, 0.25) is 0 Å². The molecular formula is C20H30ClN3O3. The Morgan fingerprint density at radius 2 is 1.85 bits per heavy atom. The van der Waals surface area contributed by atoms with E-state index >= 15 is 0 Å². The first kappa shape index (κ1) is 21.5. The van der Waals surface area contributed by atoms with Gasteiger partial charge in [0, 0.05) is 31.7 Å². The third-order valence-corrected chi connectivity index (χ3v) is 5.45. The zero-order chi connectivity index (χ0) is 18.4. The summed E-state index contributed by atoms with van der Waals surface area (Å²) < 4.78 is 0. The van der Waals surface area contributed by atoms with E-state index in [1.807, 2.05) is 34.1 Å². The number of aliphatic carboxylic acids is 1. The van der Waals surface area contributed by atoms with Gasteiger partial charge in [-0.25, -0.2) is 4.79 Å². The minimum absolute atomic E-state index is 0. The SMILES string of the molecule is Cl.O=C(O)CCc1ccc(N2CCCN(CCC3CCNCC3)C2=O)cc1. The molecule has 150 valence electrons. The molecule has 2 amide bonds. The van der Waals surface area contributed by atoms with E-state index in [0.717, 1.165) is 62.7 Å². The second-order valence-electron chi connectivity index (χ2n) is 7.32. The Hall–Kier alpha value is -1.79. The molecule has 0 aliphatic carbocycles. The molecule has 0 unspecified atom stereocenters. The molecule has 3 rings (SSSR count). The maximum atomic E-state index is 12.9. The first-order valence-electron chi connectivity index (χ1n) is 9.71. The van der Waals surface area contributed by atoms with Crippen molar-refractivity contribution in [2.45, 2.75) is 38.5 Å². The summed E-state index contributed by atoms with van der Waals surface area (Å²) in [6, 6.07) is 7.83. The number of hydrogen-bond acceptors (Lipinski definition) is 3. The number of aryl methyl sites for hydroxylation is 1. The summed E-state index contributed by atoms with van der Waals surface area (Å²) in [4.78, 5) is 27.4. The van der Waals surface area contributed by atoms with Crippen LogP contribution in [-0.4, -0.2) is 54.7 Å². The standard InChI is InChI=1S/C20H29N3O3.ClH/c24-19(25)7-4-16-2-5-18(6-3-16)23-14-1-13-22(20(23)26)15-10-17-8-11-21-12-9-17;/h2-3,5-6,17,21H,1,4,7-15H2,(H,24,25);1H. The number of urea groups is 1. The molecule has 0 aromatic heterocycles. The predicted molar refractivity (Wildman–Crippen MR) is 109 cm³/mol. The average Bonchev–Trinajstić information content (AvgIpc) is 2.67. The number of carbonyl (C=O) groups excluding carboxylic acids is 1. The second kappa shape index (κ2) is 10.5. The topological polar surface area (TPSA) is 72.9 Å². The van der Waals surface area contributed by atoms with Crippen LogP contribution < -0.4 is 10.2 Å². The quantitative estimate of drug-likeness (QED) is 0.743. The van der Waals surface area contributed by atoms with Gasteiger partial charge in [-0.15, -0.1) is 12.4 Å². The highest BCUT2D eigenvalue weighted by Crippen LogP contribution is 2.23. The van der Waals surface area contributed by atoms with Crippen LogP contribution in [0.5, 0.6) is 0 Å². The summed E-state index contributed by atoms with van der Waals surface area (Å²) in [5.74, 6) is -0.0578. The van der Waals surface area contributed by atoms with Crippen molar-refractivity contribution in [2.24, 2.45) is 5.92 Å². The van der Waals surface area contributed by atoms with E-state index in [9.17, 15) is 9.59 Å². The Bertz CT molecular complexity index is 617. The molecule has 7 heteroatoms. The monoisotopic (exact) mass is 395 g/mol. The fourth-order valence-corrected chi connectivity index (χ4v) is 3.83. The van der Waals surface area contributed by atoms with E-state index in [1.54, 1.807) is 0 Å². The molecular weight excluding hydrogens is 366 g/mol. The number of nitrogens with one attached hydrogen (secondary N) is 1. The van der Waals surface area contributed by atoms with Crippen LogP contribution in [0.1, 0.15) is 37.7 Å². The Morgan fingerprint density at radius 1 is 1.15 bits per heavy atom. The van der Waals surface area contributed by atoms with Crippen molar-refractivity contribution in [1.82, 2.24) is 10.2 Å². The van der Waals surface area contributed by atoms with E-state index in [4.69, 9.17) is 5.11 Å². The number of halogens is 1. The third-order valence-electron chi connectivity index (χ3n) is 5.45. The smallest absolute Gasteiger partial charge is 0.324 e. The maximum Gasteiger partial charge on any atom is 0.324 e. The van der Waals surface area contributed by atoms with Gasteiger partial charge in [0.05, 0.1) is 0 Å². The van der Waals surface area contributed by atoms with Crippen LogP contribution in [0.25, 0.3) is 0 Å². The third kappa shape index (κ3) is 6.11. The number of carboxylic acid groups (broad SMARTS) is 1. The number of carbonyl (C=O) groups is 2. The summed E-state index contributed by atoms with van der Waals surface area (Å²) >= 11 is 0. The van der Waals surface area contributed by atoms with Crippen molar-refractivity contribution in [3.63, 3.8) is 0 Å². The number of benzene rings is 1. The lowest BCUT2D eigenvalue weighted by Gasteiger charge is -2.36. The minimum Gasteiger partial charge on any atom is -0.481 e. The van der Waals surface area contributed by atoms with Crippen molar-refractivity contribution in [2.75, 3.05) is 37.6 Å². The maximum absolute atomic E-state index is 12.9. The Kier molecular flexibility index (Phi) is 8.38. The molecule has 0 bridgehead atoms. The highest BCUT2D eigenvalue weighted by atomic mass is 35.5. The zero-order valence-corrected chi connectivity index (χ0v) is 16.5. The number of nitrogens with zero attached hydrogens (tertiary/aromatic N) is 2. The number of anilines is 1. The Labute approximate surface area is 167 Å². The van der Waals surface area contributed by atoms with Gasteiger partial charge in [-0.05, 0) is 68.8 Å². The molecule has 0 radical (unpaired) electrons. The predicted octanol–water partition coefficient (Wildman–Crippen LogP) is 3.15.